The van der Waals surface area contributed by atoms with Crippen molar-refractivity contribution in [2.24, 2.45) is 5.41 Å². The predicted molar refractivity (Wildman–Crippen MR) is 111 cm³/mol. The molecule has 7 heteroatoms. The monoisotopic (exact) mass is 393 g/mol. The van der Waals surface area contributed by atoms with E-state index < -0.39 is 5.41 Å². The molecule has 3 saturated heterocycles. The van der Waals surface area contributed by atoms with Gasteiger partial charge in [-0.2, -0.15) is 0 Å². The zero-order chi connectivity index (χ0) is 20.3. The Hall–Kier alpha value is -1.18. The Bertz CT molecular complexity index is 559. The summed E-state index contributed by atoms with van der Waals surface area (Å²) < 4.78 is 0. The minimum Gasteiger partial charge on any atom is -0.341 e. The van der Waals surface area contributed by atoms with E-state index in [2.05, 4.69) is 43.3 Å². The smallest absolute Gasteiger partial charge is 0.230 e. The Morgan fingerprint density at radius 1 is 0.964 bits per heavy atom. The van der Waals surface area contributed by atoms with Crippen molar-refractivity contribution in [3.05, 3.63) is 0 Å². The summed E-state index contributed by atoms with van der Waals surface area (Å²) in [6, 6.07) is 0.844. The van der Waals surface area contributed by atoms with Gasteiger partial charge in [0.1, 0.15) is 0 Å². The predicted octanol–water partition coefficient (Wildman–Crippen LogP) is 0.461. The molecule has 0 aliphatic carbocycles. The Balaban J connectivity index is 1.68. The van der Waals surface area contributed by atoms with Crippen molar-refractivity contribution in [3.63, 3.8) is 0 Å². The quantitative estimate of drug-likeness (QED) is 0.736. The molecule has 28 heavy (non-hydrogen) atoms. The van der Waals surface area contributed by atoms with E-state index in [1.165, 1.54) is 0 Å². The van der Waals surface area contributed by atoms with Gasteiger partial charge in [0, 0.05) is 51.2 Å². The first-order valence-corrected chi connectivity index (χ1v) is 10.9. The molecular weight excluding hydrogens is 354 g/mol. The average molecular weight is 394 g/mol. The van der Waals surface area contributed by atoms with E-state index in [4.69, 9.17) is 0 Å². The number of amides is 2. The summed E-state index contributed by atoms with van der Waals surface area (Å²) in [5.74, 6) is 0.350. The van der Waals surface area contributed by atoms with Gasteiger partial charge in [0.15, 0.2) is 0 Å². The normalized spacial score (nSPS) is 31.6. The SMILES string of the molecule is CN(C)C1CCCN(C(=O)CC2(C(=O)N3CCCC(N(C)C)C3)CCNC2)C1. The van der Waals surface area contributed by atoms with Crippen LogP contribution in [0.5, 0.6) is 0 Å². The first-order valence-electron chi connectivity index (χ1n) is 10.9. The van der Waals surface area contributed by atoms with Gasteiger partial charge in [0.05, 0.1) is 5.41 Å². The highest BCUT2D eigenvalue weighted by Crippen LogP contribution is 2.34. The highest BCUT2D eigenvalue weighted by Gasteiger charge is 2.47. The second-order valence-electron chi connectivity index (χ2n) is 9.49. The fraction of sp³-hybridized carbons (Fsp3) is 0.905. The molecule has 0 aromatic rings. The van der Waals surface area contributed by atoms with E-state index >= 15 is 0 Å². The van der Waals surface area contributed by atoms with Crippen molar-refractivity contribution in [2.75, 3.05) is 67.5 Å². The molecule has 0 spiro atoms. The van der Waals surface area contributed by atoms with E-state index in [9.17, 15) is 9.59 Å². The summed E-state index contributed by atoms with van der Waals surface area (Å²) in [7, 11) is 8.35. The first-order chi connectivity index (χ1) is 13.3. The standard InChI is InChI=1S/C21H39N5O2/c1-23(2)17-7-5-11-25(14-17)19(27)13-21(9-10-22-16-21)20(28)26-12-6-8-18(15-26)24(3)4/h17-18,22H,5-16H2,1-4H3. The topological polar surface area (TPSA) is 59.1 Å². The van der Waals surface area contributed by atoms with Gasteiger partial charge in [0.2, 0.25) is 11.8 Å². The molecule has 2 amide bonds. The number of piperidine rings is 2. The largest absolute Gasteiger partial charge is 0.341 e. The Kier molecular flexibility index (Phi) is 6.99. The number of hydrogen-bond donors (Lipinski definition) is 1. The summed E-state index contributed by atoms with van der Waals surface area (Å²) in [5.41, 5.74) is -0.559. The van der Waals surface area contributed by atoms with Gasteiger partial charge < -0.3 is 24.9 Å². The Morgan fingerprint density at radius 2 is 1.54 bits per heavy atom. The maximum Gasteiger partial charge on any atom is 0.230 e. The van der Waals surface area contributed by atoms with Gasteiger partial charge >= 0.3 is 0 Å². The van der Waals surface area contributed by atoms with Gasteiger partial charge in [-0.3, -0.25) is 9.59 Å². The van der Waals surface area contributed by atoms with Crippen LogP contribution in [0.3, 0.4) is 0 Å². The lowest BCUT2D eigenvalue weighted by molar-refractivity contribution is -0.149. The maximum atomic E-state index is 13.6. The van der Waals surface area contributed by atoms with Crippen LogP contribution < -0.4 is 5.32 Å². The third-order valence-electron chi connectivity index (χ3n) is 7.08. The molecule has 0 aromatic carbocycles. The molecule has 3 rings (SSSR count). The fourth-order valence-corrected chi connectivity index (χ4v) is 5.05. The molecule has 3 fully saturated rings. The van der Waals surface area contributed by atoms with Crippen LogP contribution in [0.25, 0.3) is 0 Å². The molecule has 0 saturated carbocycles. The number of carbonyl (C=O) groups excluding carboxylic acids is 2. The molecule has 0 aromatic heterocycles. The molecule has 3 aliphatic heterocycles. The molecule has 3 unspecified atom stereocenters. The van der Waals surface area contributed by atoms with E-state index in [0.29, 0.717) is 25.0 Å². The molecule has 3 aliphatic rings. The van der Waals surface area contributed by atoms with Crippen LogP contribution in [-0.4, -0.2) is 111 Å². The van der Waals surface area contributed by atoms with Gasteiger partial charge in [0.25, 0.3) is 0 Å². The van der Waals surface area contributed by atoms with Crippen molar-refractivity contribution in [3.8, 4) is 0 Å². The molecule has 3 atom stereocenters. The summed E-state index contributed by atoms with van der Waals surface area (Å²) in [6.07, 6.45) is 5.49. The minimum absolute atomic E-state index is 0.157. The van der Waals surface area contributed by atoms with Crippen LogP contribution in [-0.2, 0) is 9.59 Å². The minimum atomic E-state index is -0.559. The highest BCUT2D eigenvalue weighted by atomic mass is 16.2. The summed E-state index contributed by atoms with van der Waals surface area (Å²) in [5, 5.41) is 3.37. The van der Waals surface area contributed by atoms with Crippen molar-refractivity contribution < 1.29 is 9.59 Å². The van der Waals surface area contributed by atoms with Crippen molar-refractivity contribution in [1.82, 2.24) is 24.9 Å². The lowest BCUT2D eigenvalue weighted by Gasteiger charge is -2.41. The number of carbonyl (C=O) groups is 2. The molecule has 160 valence electrons. The number of hydrogen-bond acceptors (Lipinski definition) is 5. The summed E-state index contributed by atoms with van der Waals surface area (Å²) >= 11 is 0. The second kappa shape index (κ2) is 9.09. The lowest BCUT2D eigenvalue weighted by Crippen LogP contribution is -2.55. The van der Waals surface area contributed by atoms with Gasteiger partial charge in [-0.25, -0.2) is 0 Å². The van der Waals surface area contributed by atoms with Crippen molar-refractivity contribution >= 4 is 11.8 Å². The van der Waals surface area contributed by atoms with Gasteiger partial charge in [-0.1, -0.05) is 0 Å². The molecule has 0 radical (unpaired) electrons. The van der Waals surface area contributed by atoms with Crippen LogP contribution in [0.4, 0.5) is 0 Å². The van der Waals surface area contributed by atoms with Crippen molar-refractivity contribution in [2.45, 2.75) is 50.6 Å². The zero-order valence-corrected chi connectivity index (χ0v) is 18.2. The zero-order valence-electron chi connectivity index (χ0n) is 18.2. The molecule has 0 bridgehead atoms. The molecule has 1 N–H and O–H groups in total. The molecular formula is C21H39N5O2. The first kappa shape index (κ1) is 21.5. The van der Waals surface area contributed by atoms with Crippen LogP contribution in [0.2, 0.25) is 0 Å². The number of rotatable bonds is 5. The van der Waals surface area contributed by atoms with Crippen LogP contribution in [0.1, 0.15) is 38.5 Å². The Morgan fingerprint density at radius 3 is 2.07 bits per heavy atom. The Labute approximate surface area is 170 Å². The fourth-order valence-electron chi connectivity index (χ4n) is 5.05. The second-order valence-corrected chi connectivity index (χ2v) is 9.49. The van der Waals surface area contributed by atoms with Crippen LogP contribution in [0, 0.1) is 5.41 Å². The van der Waals surface area contributed by atoms with E-state index in [1.807, 2.05) is 9.80 Å². The highest BCUT2D eigenvalue weighted by molar-refractivity contribution is 5.89. The molecule has 7 nitrogen and oxygen atoms in total. The number of nitrogens with one attached hydrogen (secondary N) is 1. The maximum absolute atomic E-state index is 13.6. The van der Waals surface area contributed by atoms with Crippen LogP contribution in [0.15, 0.2) is 0 Å². The lowest BCUT2D eigenvalue weighted by atomic mass is 9.80. The van der Waals surface area contributed by atoms with E-state index in [1.54, 1.807) is 0 Å². The molecule has 3 heterocycles. The van der Waals surface area contributed by atoms with E-state index in [-0.39, 0.29) is 11.8 Å². The number of likely N-dealkylation sites (tertiary alicyclic amines) is 2. The third kappa shape index (κ3) is 4.69. The van der Waals surface area contributed by atoms with Gasteiger partial charge in [-0.15, -0.1) is 0 Å². The van der Waals surface area contributed by atoms with E-state index in [0.717, 1.165) is 64.8 Å². The number of likely N-dealkylation sites (N-methyl/N-ethyl adjacent to an activating group) is 2. The van der Waals surface area contributed by atoms with Crippen molar-refractivity contribution in [1.29, 1.82) is 0 Å². The summed E-state index contributed by atoms with van der Waals surface area (Å²) in [4.78, 5) is 35.2. The third-order valence-corrected chi connectivity index (χ3v) is 7.08. The summed E-state index contributed by atoms with van der Waals surface area (Å²) in [6.45, 7) is 4.68. The van der Waals surface area contributed by atoms with Crippen LogP contribution >= 0.6 is 0 Å². The average Bonchev–Trinajstić information content (AvgIpc) is 3.17. The number of nitrogens with zero attached hydrogens (tertiary/aromatic N) is 4. The van der Waals surface area contributed by atoms with Gasteiger partial charge in [-0.05, 0) is 66.8 Å².